The number of nitriles is 1. The van der Waals surface area contributed by atoms with Gasteiger partial charge in [0.1, 0.15) is 16.8 Å². The van der Waals surface area contributed by atoms with Gasteiger partial charge in [-0.2, -0.15) is 5.26 Å². The summed E-state index contributed by atoms with van der Waals surface area (Å²) < 4.78 is 34.8. The van der Waals surface area contributed by atoms with Crippen molar-refractivity contribution < 1.29 is 12.8 Å². The fraction of sp³-hybridized carbons (Fsp3) is 0. The molecule has 0 fully saturated rings. The minimum Gasteiger partial charge on any atom is -0.207 e. The Balaban J connectivity index is 3.72. The zero-order valence-corrected chi connectivity index (χ0v) is 8.79. The van der Waals surface area contributed by atoms with Gasteiger partial charge in [0.05, 0.1) is 10.6 Å². The highest BCUT2D eigenvalue weighted by molar-refractivity contribution is 8.13. The molecule has 0 saturated carbocycles. The van der Waals surface area contributed by atoms with Crippen molar-refractivity contribution in [3.05, 3.63) is 28.5 Å². The Morgan fingerprint density at radius 3 is 2.43 bits per heavy atom. The van der Waals surface area contributed by atoms with Crippen molar-refractivity contribution in [1.82, 2.24) is 0 Å². The zero-order chi connectivity index (χ0) is 10.9. The average Bonchev–Trinajstić information content (AvgIpc) is 2.07. The highest BCUT2D eigenvalue weighted by atomic mass is 35.7. The van der Waals surface area contributed by atoms with Crippen LogP contribution < -0.4 is 0 Å². The van der Waals surface area contributed by atoms with Crippen molar-refractivity contribution in [2.24, 2.45) is 0 Å². The highest BCUT2D eigenvalue weighted by Crippen LogP contribution is 2.30. The molecule has 1 rings (SSSR count). The summed E-state index contributed by atoms with van der Waals surface area (Å²) in [4.78, 5) is -0.691. The van der Waals surface area contributed by atoms with Crippen LogP contribution in [0.1, 0.15) is 5.56 Å². The maximum atomic E-state index is 12.9. The lowest BCUT2D eigenvalue weighted by Gasteiger charge is -2.02. The molecule has 0 aromatic heterocycles. The Morgan fingerprint density at radius 2 is 2.00 bits per heavy atom. The largest absolute Gasteiger partial charge is 0.264 e. The van der Waals surface area contributed by atoms with E-state index < -0.39 is 24.8 Å². The van der Waals surface area contributed by atoms with Crippen LogP contribution in [0.3, 0.4) is 0 Å². The third-order valence-electron chi connectivity index (χ3n) is 1.41. The van der Waals surface area contributed by atoms with Crippen LogP contribution in [0, 0.1) is 17.1 Å². The summed E-state index contributed by atoms with van der Waals surface area (Å²) in [6.07, 6.45) is 0. The van der Waals surface area contributed by atoms with Crippen LogP contribution in [0.2, 0.25) is 5.02 Å². The van der Waals surface area contributed by atoms with E-state index in [4.69, 9.17) is 27.5 Å². The second kappa shape index (κ2) is 3.73. The Bertz CT molecular complexity index is 521. The summed E-state index contributed by atoms with van der Waals surface area (Å²) in [5.74, 6) is -0.940. The molecule has 0 unspecified atom stereocenters. The predicted molar refractivity (Wildman–Crippen MR) is 49.2 cm³/mol. The summed E-state index contributed by atoms with van der Waals surface area (Å²) >= 11 is 5.37. The molecule has 0 atom stereocenters. The average molecular weight is 254 g/mol. The molecule has 0 heterocycles. The third-order valence-corrected chi connectivity index (χ3v) is 3.27. The molecule has 0 bridgehead atoms. The normalized spacial score (nSPS) is 11.0. The fourth-order valence-corrected chi connectivity index (χ4v) is 2.62. The number of hydrogen-bond donors (Lipinski definition) is 0. The lowest BCUT2D eigenvalue weighted by Crippen LogP contribution is -1.98. The second-order valence-corrected chi connectivity index (χ2v) is 5.17. The molecule has 0 amide bonds. The molecule has 74 valence electrons. The van der Waals surface area contributed by atoms with E-state index in [0.29, 0.717) is 0 Å². The third kappa shape index (κ3) is 1.98. The van der Waals surface area contributed by atoms with Crippen LogP contribution in [-0.4, -0.2) is 8.42 Å². The molecule has 0 radical (unpaired) electrons. The molecule has 0 aliphatic rings. The Morgan fingerprint density at radius 1 is 1.43 bits per heavy atom. The smallest absolute Gasteiger partial charge is 0.207 e. The summed E-state index contributed by atoms with van der Waals surface area (Å²) in [5.41, 5.74) is -0.286. The molecule has 0 aliphatic heterocycles. The van der Waals surface area contributed by atoms with Crippen LogP contribution in [-0.2, 0) is 9.05 Å². The first-order valence-electron chi connectivity index (χ1n) is 3.20. The molecular weight excluding hydrogens is 252 g/mol. The van der Waals surface area contributed by atoms with Gasteiger partial charge >= 0.3 is 0 Å². The zero-order valence-electron chi connectivity index (χ0n) is 6.46. The van der Waals surface area contributed by atoms with Crippen molar-refractivity contribution in [1.29, 1.82) is 5.26 Å². The van der Waals surface area contributed by atoms with E-state index in [1.807, 2.05) is 0 Å². The molecule has 14 heavy (non-hydrogen) atoms. The SMILES string of the molecule is N#Cc1ccc(F)c(Cl)c1S(=O)(=O)Cl. The van der Waals surface area contributed by atoms with E-state index in [0.717, 1.165) is 12.1 Å². The standard InChI is InChI=1S/C7H2Cl2FNO2S/c8-6-5(10)2-1-4(3-11)7(6)14(9,12)13/h1-2H. The van der Waals surface area contributed by atoms with Crippen molar-refractivity contribution in [2.45, 2.75) is 4.90 Å². The minimum atomic E-state index is -4.22. The van der Waals surface area contributed by atoms with Crippen molar-refractivity contribution >= 4 is 31.3 Å². The Labute approximate surface area is 89.1 Å². The maximum Gasteiger partial charge on any atom is 0.264 e. The molecule has 3 nitrogen and oxygen atoms in total. The van der Waals surface area contributed by atoms with Crippen LogP contribution in [0.5, 0.6) is 0 Å². The van der Waals surface area contributed by atoms with Gasteiger partial charge in [-0.25, -0.2) is 12.8 Å². The number of benzene rings is 1. The molecule has 0 saturated heterocycles. The van der Waals surface area contributed by atoms with Gasteiger partial charge in [-0.15, -0.1) is 0 Å². The summed E-state index contributed by atoms with van der Waals surface area (Å²) in [5, 5.41) is 7.88. The monoisotopic (exact) mass is 253 g/mol. The fourth-order valence-electron chi connectivity index (χ4n) is 0.858. The number of rotatable bonds is 1. The number of nitrogens with zero attached hydrogens (tertiary/aromatic N) is 1. The van der Waals surface area contributed by atoms with E-state index in [-0.39, 0.29) is 5.56 Å². The Hall–Kier alpha value is -0.830. The predicted octanol–water partition coefficient (Wildman–Crippen LogP) is 2.28. The van der Waals surface area contributed by atoms with E-state index in [9.17, 15) is 12.8 Å². The van der Waals surface area contributed by atoms with Crippen molar-refractivity contribution in [3.8, 4) is 6.07 Å². The Kier molecular flexibility index (Phi) is 3.00. The van der Waals surface area contributed by atoms with Gasteiger partial charge in [-0.1, -0.05) is 11.6 Å². The first kappa shape index (κ1) is 11.2. The van der Waals surface area contributed by atoms with E-state index in [1.165, 1.54) is 0 Å². The van der Waals surface area contributed by atoms with E-state index in [1.54, 1.807) is 6.07 Å². The van der Waals surface area contributed by atoms with Gasteiger partial charge in [0.15, 0.2) is 0 Å². The molecule has 1 aromatic carbocycles. The number of halogens is 3. The van der Waals surface area contributed by atoms with Gasteiger partial charge in [-0.05, 0) is 12.1 Å². The van der Waals surface area contributed by atoms with Crippen LogP contribution in [0.25, 0.3) is 0 Å². The maximum absolute atomic E-state index is 12.9. The molecular formula is C7H2Cl2FNO2S. The lowest BCUT2D eigenvalue weighted by molar-refractivity contribution is 0.602. The topological polar surface area (TPSA) is 57.9 Å². The molecule has 7 heteroatoms. The van der Waals surface area contributed by atoms with Crippen LogP contribution in [0.15, 0.2) is 17.0 Å². The summed E-state index contributed by atoms with van der Waals surface area (Å²) in [7, 11) is 0.769. The van der Waals surface area contributed by atoms with Gasteiger partial charge in [0.2, 0.25) is 0 Å². The van der Waals surface area contributed by atoms with Gasteiger partial charge < -0.3 is 0 Å². The number of hydrogen-bond acceptors (Lipinski definition) is 3. The minimum absolute atomic E-state index is 0.286. The van der Waals surface area contributed by atoms with Gasteiger partial charge in [-0.3, -0.25) is 0 Å². The summed E-state index contributed by atoms with van der Waals surface area (Å²) in [6, 6.07) is 3.45. The first-order valence-corrected chi connectivity index (χ1v) is 5.89. The van der Waals surface area contributed by atoms with Crippen molar-refractivity contribution in [3.63, 3.8) is 0 Å². The molecule has 1 aromatic rings. The van der Waals surface area contributed by atoms with E-state index >= 15 is 0 Å². The molecule has 0 N–H and O–H groups in total. The first-order chi connectivity index (χ1) is 6.38. The van der Waals surface area contributed by atoms with Crippen LogP contribution >= 0.6 is 22.3 Å². The van der Waals surface area contributed by atoms with Crippen LogP contribution in [0.4, 0.5) is 4.39 Å². The lowest BCUT2D eigenvalue weighted by atomic mass is 10.2. The van der Waals surface area contributed by atoms with Crippen molar-refractivity contribution in [2.75, 3.05) is 0 Å². The van der Waals surface area contributed by atoms with E-state index in [2.05, 4.69) is 0 Å². The second-order valence-electron chi connectivity index (χ2n) is 2.29. The summed E-state index contributed by atoms with van der Waals surface area (Å²) in [6.45, 7) is 0. The quantitative estimate of drug-likeness (QED) is 0.722. The van der Waals surface area contributed by atoms with Gasteiger partial charge in [0.25, 0.3) is 9.05 Å². The van der Waals surface area contributed by atoms with Gasteiger partial charge in [0, 0.05) is 10.7 Å². The highest BCUT2D eigenvalue weighted by Gasteiger charge is 2.22. The molecule has 0 spiro atoms. The molecule has 0 aliphatic carbocycles.